The number of rotatable bonds is 4. The number of carbonyl (C=O) groups excluding carboxylic acids is 1. The molecule has 2 N–H and O–H groups in total. The van der Waals surface area contributed by atoms with E-state index in [1.807, 2.05) is 24.3 Å². The van der Waals surface area contributed by atoms with Crippen LogP contribution in [0.2, 0.25) is 0 Å². The molecule has 0 fully saturated rings. The van der Waals surface area contributed by atoms with E-state index < -0.39 is 0 Å². The maximum Gasteiger partial charge on any atom is 0.221 e. The molecule has 0 atom stereocenters. The van der Waals surface area contributed by atoms with Crippen LogP contribution in [-0.4, -0.2) is 12.5 Å². The van der Waals surface area contributed by atoms with Gasteiger partial charge in [0.25, 0.3) is 0 Å². The molecule has 0 saturated heterocycles. The van der Waals surface area contributed by atoms with Gasteiger partial charge in [-0.1, -0.05) is 17.7 Å². The molecule has 0 aliphatic heterocycles. The number of benzene rings is 1. The Bertz CT molecular complexity index is 393. The summed E-state index contributed by atoms with van der Waals surface area (Å²) < 4.78 is 0. The highest BCUT2D eigenvalue weighted by molar-refractivity contribution is 5.89. The fourth-order valence-corrected chi connectivity index (χ4v) is 1.28. The van der Waals surface area contributed by atoms with Gasteiger partial charge in [-0.05, 0) is 32.0 Å². The summed E-state index contributed by atoms with van der Waals surface area (Å²) in [5.74, 6) is -0.0542. The minimum atomic E-state index is -0.0542. The summed E-state index contributed by atoms with van der Waals surface area (Å²) in [4.78, 5) is 10.9. The molecule has 16 heavy (non-hydrogen) atoms. The van der Waals surface area contributed by atoms with Crippen molar-refractivity contribution in [3.05, 3.63) is 35.9 Å². The van der Waals surface area contributed by atoms with Crippen LogP contribution >= 0.6 is 0 Å². The van der Waals surface area contributed by atoms with Crippen molar-refractivity contribution in [2.24, 2.45) is 0 Å². The number of amides is 1. The molecular weight excluding hydrogens is 200 g/mol. The van der Waals surface area contributed by atoms with Crippen LogP contribution in [0.25, 0.3) is 0 Å². The summed E-state index contributed by atoms with van der Waals surface area (Å²) in [5, 5.41) is 6.01. The zero-order valence-corrected chi connectivity index (χ0v) is 10.0. The topological polar surface area (TPSA) is 41.1 Å². The predicted octanol–water partition coefficient (Wildman–Crippen LogP) is 3.02. The van der Waals surface area contributed by atoms with Crippen LogP contribution in [0.4, 0.5) is 11.4 Å². The highest BCUT2D eigenvalue weighted by atomic mass is 16.1. The second-order valence-electron chi connectivity index (χ2n) is 3.92. The molecule has 0 unspecified atom stereocenters. The molecule has 1 aromatic rings. The summed E-state index contributed by atoms with van der Waals surface area (Å²) in [6.07, 6.45) is 2.12. The lowest BCUT2D eigenvalue weighted by Gasteiger charge is -2.07. The van der Waals surface area contributed by atoms with Gasteiger partial charge in [0.1, 0.15) is 0 Å². The van der Waals surface area contributed by atoms with Crippen molar-refractivity contribution in [1.82, 2.24) is 0 Å². The van der Waals surface area contributed by atoms with Gasteiger partial charge in [-0.3, -0.25) is 4.79 Å². The SMILES string of the molecule is CC(=O)Nc1cccc(NCC=C(C)C)c1. The van der Waals surface area contributed by atoms with E-state index in [-0.39, 0.29) is 5.91 Å². The highest BCUT2D eigenvalue weighted by Gasteiger charge is 1.96. The first-order valence-corrected chi connectivity index (χ1v) is 5.33. The summed E-state index contributed by atoms with van der Waals surface area (Å²) in [5.41, 5.74) is 3.10. The van der Waals surface area contributed by atoms with Gasteiger partial charge in [0.15, 0.2) is 0 Å². The standard InChI is InChI=1S/C13H18N2O/c1-10(2)7-8-14-12-5-4-6-13(9-12)15-11(3)16/h4-7,9,14H,8H2,1-3H3,(H,15,16). The minimum Gasteiger partial charge on any atom is -0.382 e. The molecule has 86 valence electrons. The molecule has 1 aromatic carbocycles. The van der Waals surface area contributed by atoms with Crippen molar-refractivity contribution < 1.29 is 4.79 Å². The van der Waals surface area contributed by atoms with Crippen molar-refractivity contribution >= 4 is 17.3 Å². The van der Waals surface area contributed by atoms with Crippen LogP contribution < -0.4 is 10.6 Å². The van der Waals surface area contributed by atoms with E-state index in [1.165, 1.54) is 12.5 Å². The first kappa shape index (κ1) is 12.3. The maximum atomic E-state index is 10.9. The molecule has 0 aliphatic rings. The quantitative estimate of drug-likeness (QED) is 0.763. The van der Waals surface area contributed by atoms with Crippen molar-refractivity contribution in [1.29, 1.82) is 0 Å². The first-order chi connectivity index (χ1) is 7.58. The van der Waals surface area contributed by atoms with Gasteiger partial charge in [0.2, 0.25) is 5.91 Å². The van der Waals surface area contributed by atoms with E-state index in [4.69, 9.17) is 0 Å². The van der Waals surface area contributed by atoms with Gasteiger partial charge in [0, 0.05) is 24.8 Å². The van der Waals surface area contributed by atoms with E-state index in [1.54, 1.807) is 0 Å². The third-order valence-corrected chi connectivity index (χ3v) is 2.00. The molecule has 1 rings (SSSR count). The molecule has 0 aliphatic carbocycles. The summed E-state index contributed by atoms with van der Waals surface area (Å²) in [7, 11) is 0. The Labute approximate surface area is 96.6 Å². The third kappa shape index (κ3) is 4.64. The van der Waals surface area contributed by atoms with Crippen LogP contribution in [0.5, 0.6) is 0 Å². The molecule has 0 aromatic heterocycles. The van der Waals surface area contributed by atoms with E-state index in [0.29, 0.717) is 0 Å². The Hall–Kier alpha value is -1.77. The van der Waals surface area contributed by atoms with E-state index in [9.17, 15) is 4.79 Å². The van der Waals surface area contributed by atoms with Crippen LogP contribution in [0, 0.1) is 0 Å². The monoisotopic (exact) mass is 218 g/mol. The van der Waals surface area contributed by atoms with Crippen molar-refractivity contribution in [2.45, 2.75) is 20.8 Å². The van der Waals surface area contributed by atoms with Crippen LogP contribution in [0.1, 0.15) is 20.8 Å². The second-order valence-corrected chi connectivity index (χ2v) is 3.92. The largest absolute Gasteiger partial charge is 0.382 e. The fraction of sp³-hybridized carbons (Fsp3) is 0.308. The zero-order valence-electron chi connectivity index (χ0n) is 10.0. The Balaban J connectivity index is 2.60. The van der Waals surface area contributed by atoms with Gasteiger partial charge < -0.3 is 10.6 Å². The first-order valence-electron chi connectivity index (χ1n) is 5.33. The van der Waals surface area contributed by atoms with Crippen LogP contribution in [0.3, 0.4) is 0 Å². The average Bonchev–Trinajstić information content (AvgIpc) is 2.16. The Kier molecular flexibility index (Phi) is 4.58. The molecule has 0 radical (unpaired) electrons. The van der Waals surface area contributed by atoms with Gasteiger partial charge in [-0.25, -0.2) is 0 Å². The van der Waals surface area contributed by atoms with Crippen LogP contribution in [-0.2, 0) is 4.79 Å². The lowest BCUT2D eigenvalue weighted by Crippen LogP contribution is -2.06. The average molecular weight is 218 g/mol. The van der Waals surface area contributed by atoms with Crippen LogP contribution in [0.15, 0.2) is 35.9 Å². The molecule has 3 nitrogen and oxygen atoms in total. The number of nitrogens with one attached hydrogen (secondary N) is 2. The van der Waals surface area contributed by atoms with Gasteiger partial charge in [-0.15, -0.1) is 0 Å². The predicted molar refractivity (Wildman–Crippen MR) is 68.7 cm³/mol. The molecular formula is C13H18N2O. The molecule has 0 spiro atoms. The van der Waals surface area contributed by atoms with Gasteiger partial charge >= 0.3 is 0 Å². The maximum absolute atomic E-state index is 10.9. The summed E-state index contributed by atoms with van der Waals surface area (Å²) in [6.45, 7) is 6.43. The Morgan fingerprint density at radius 2 is 1.94 bits per heavy atom. The van der Waals surface area contributed by atoms with Gasteiger partial charge in [0.05, 0.1) is 0 Å². The number of anilines is 2. The highest BCUT2D eigenvalue weighted by Crippen LogP contribution is 2.14. The molecule has 0 saturated carbocycles. The number of hydrogen-bond donors (Lipinski definition) is 2. The molecule has 0 heterocycles. The zero-order chi connectivity index (χ0) is 12.0. The van der Waals surface area contributed by atoms with E-state index in [0.717, 1.165) is 17.9 Å². The molecule has 1 amide bonds. The lowest BCUT2D eigenvalue weighted by molar-refractivity contribution is -0.114. The molecule has 3 heteroatoms. The second kappa shape index (κ2) is 5.95. The number of allylic oxidation sites excluding steroid dienone is 1. The fourth-order valence-electron chi connectivity index (χ4n) is 1.28. The van der Waals surface area contributed by atoms with Crippen molar-refractivity contribution in [2.75, 3.05) is 17.2 Å². The van der Waals surface area contributed by atoms with Crippen molar-refractivity contribution in [3.63, 3.8) is 0 Å². The molecule has 0 bridgehead atoms. The van der Waals surface area contributed by atoms with E-state index in [2.05, 4.69) is 30.6 Å². The van der Waals surface area contributed by atoms with Gasteiger partial charge in [-0.2, -0.15) is 0 Å². The Morgan fingerprint density at radius 1 is 1.25 bits per heavy atom. The minimum absolute atomic E-state index is 0.0542. The lowest BCUT2D eigenvalue weighted by atomic mass is 10.2. The summed E-state index contributed by atoms with van der Waals surface area (Å²) >= 11 is 0. The van der Waals surface area contributed by atoms with E-state index >= 15 is 0 Å². The number of carbonyl (C=O) groups is 1. The normalized spacial score (nSPS) is 9.44. The number of hydrogen-bond acceptors (Lipinski definition) is 2. The summed E-state index contributed by atoms with van der Waals surface area (Å²) in [6, 6.07) is 7.67. The third-order valence-electron chi connectivity index (χ3n) is 2.00. The Morgan fingerprint density at radius 3 is 2.56 bits per heavy atom. The van der Waals surface area contributed by atoms with Crippen molar-refractivity contribution in [3.8, 4) is 0 Å². The smallest absolute Gasteiger partial charge is 0.221 e.